The zero-order valence-corrected chi connectivity index (χ0v) is 14.5. The quantitative estimate of drug-likeness (QED) is 0.909. The van der Waals surface area contributed by atoms with Gasteiger partial charge < -0.3 is 10.2 Å². The molecular weight excluding hydrogens is 270 g/mol. The van der Waals surface area contributed by atoms with E-state index in [0.717, 1.165) is 17.2 Å². The molecule has 0 aliphatic heterocycles. The summed E-state index contributed by atoms with van der Waals surface area (Å²) in [5.74, 6) is 0.123. The van der Waals surface area contributed by atoms with Gasteiger partial charge in [0.1, 0.15) is 0 Å². The zero-order chi connectivity index (χ0) is 15.5. The molecule has 1 aromatic rings. The monoisotopic (exact) mass is 297 g/mol. The van der Waals surface area contributed by atoms with Crippen molar-refractivity contribution in [1.29, 1.82) is 0 Å². The maximum Gasteiger partial charge on any atom is 0.236 e. The van der Waals surface area contributed by atoms with Crippen LogP contribution < -0.4 is 5.32 Å². The van der Waals surface area contributed by atoms with Crippen LogP contribution in [0.15, 0.2) is 0 Å². The Kier molecular flexibility index (Phi) is 5.71. The second-order valence-electron chi connectivity index (χ2n) is 6.23. The van der Waals surface area contributed by atoms with Crippen molar-refractivity contribution < 1.29 is 4.79 Å². The van der Waals surface area contributed by atoms with Crippen molar-refractivity contribution in [3.05, 3.63) is 15.6 Å². The van der Waals surface area contributed by atoms with E-state index in [1.165, 1.54) is 4.88 Å². The number of likely N-dealkylation sites (N-methyl/N-ethyl adjacent to an activating group) is 1. The predicted octanol–water partition coefficient (Wildman–Crippen LogP) is 2.88. The fraction of sp³-hybridized carbons (Fsp3) is 0.733. The number of carbonyl (C=O) groups is 1. The molecule has 1 amide bonds. The lowest BCUT2D eigenvalue weighted by Gasteiger charge is -2.17. The van der Waals surface area contributed by atoms with Gasteiger partial charge >= 0.3 is 0 Å². The molecule has 1 unspecified atom stereocenters. The molecule has 5 heteroatoms. The fourth-order valence-corrected chi connectivity index (χ4v) is 2.93. The minimum atomic E-state index is 0.0750. The summed E-state index contributed by atoms with van der Waals surface area (Å²) in [6.07, 6.45) is 0. The average Bonchev–Trinajstić information content (AvgIpc) is 2.76. The third-order valence-corrected chi connectivity index (χ3v) is 5.09. The van der Waals surface area contributed by atoms with E-state index in [4.69, 9.17) is 0 Å². The van der Waals surface area contributed by atoms with Gasteiger partial charge in [-0.15, -0.1) is 11.3 Å². The van der Waals surface area contributed by atoms with Gasteiger partial charge in [0.15, 0.2) is 0 Å². The number of nitrogens with one attached hydrogen (secondary N) is 1. The van der Waals surface area contributed by atoms with E-state index in [0.29, 0.717) is 6.54 Å². The van der Waals surface area contributed by atoms with Crippen LogP contribution in [0.3, 0.4) is 0 Å². The molecule has 0 aromatic carbocycles. The Morgan fingerprint density at radius 2 is 2.05 bits per heavy atom. The number of hydrogen-bond acceptors (Lipinski definition) is 4. The van der Waals surface area contributed by atoms with Crippen LogP contribution in [0.5, 0.6) is 0 Å². The van der Waals surface area contributed by atoms with Gasteiger partial charge in [-0.3, -0.25) is 4.79 Å². The lowest BCUT2D eigenvalue weighted by Crippen LogP contribution is -2.36. The van der Waals surface area contributed by atoms with Crippen LogP contribution in [-0.2, 0) is 10.2 Å². The van der Waals surface area contributed by atoms with Crippen molar-refractivity contribution >= 4 is 17.2 Å². The fourth-order valence-electron chi connectivity index (χ4n) is 1.78. The van der Waals surface area contributed by atoms with E-state index in [-0.39, 0.29) is 17.4 Å². The number of aromatic nitrogens is 1. The molecule has 1 aromatic heterocycles. The standard InChI is InChI=1S/C15H27N3OS/c1-8-18(7)12(19)9-16-10(2)13-11(3)17-14(20-13)15(4,5)6/h10,16H,8-9H2,1-7H3. The summed E-state index contributed by atoms with van der Waals surface area (Å²) in [7, 11) is 1.82. The molecule has 0 spiro atoms. The van der Waals surface area contributed by atoms with E-state index in [2.05, 4.69) is 38.0 Å². The Bertz CT molecular complexity index is 462. The lowest BCUT2D eigenvalue weighted by molar-refractivity contribution is -0.128. The number of nitrogens with zero attached hydrogens (tertiary/aromatic N) is 2. The topological polar surface area (TPSA) is 45.2 Å². The summed E-state index contributed by atoms with van der Waals surface area (Å²) in [4.78, 5) is 19.4. The highest BCUT2D eigenvalue weighted by atomic mass is 32.1. The van der Waals surface area contributed by atoms with E-state index >= 15 is 0 Å². The molecule has 0 fully saturated rings. The molecule has 0 aliphatic carbocycles. The number of carbonyl (C=O) groups excluding carboxylic acids is 1. The summed E-state index contributed by atoms with van der Waals surface area (Å²) >= 11 is 1.74. The van der Waals surface area contributed by atoms with Crippen LogP contribution in [0.4, 0.5) is 0 Å². The molecule has 1 atom stereocenters. The lowest BCUT2D eigenvalue weighted by atomic mass is 9.98. The Hall–Kier alpha value is -0.940. The van der Waals surface area contributed by atoms with Crippen LogP contribution in [-0.4, -0.2) is 35.9 Å². The first kappa shape index (κ1) is 17.1. The van der Waals surface area contributed by atoms with Crippen LogP contribution >= 0.6 is 11.3 Å². The normalized spacial score (nSPS) is 13.3. The van der Waals surface area contributed by atoms with E-state index < -0.39 is 0 Å². The van der Waals surface area contributed by atoms with Gasteiger partial charge in [0.25, 0.3) is 0 Å². The molecule has 0 bridgehead atoms. The smallest absolute Gasteiger partial charge is 0.236 e. The van der Waals surface area contributed by atoms with Crippen molar-refractivity contribution in [2.45, 2.75) is 53.0 Å². The summed E-state index contributed by atoms with van der Waals surface area (Å²) in [6, 6.07) is 0.151. The number of rotatable bonds is 5. The molecule has 114 valence electrons. The van der Waals surface area contributed by atoms with Crippen LogP contribution in [0.1, 0.15) is 56.2 Å². The largest absolute Gasteiger partial charge is 0.345 e. The molecule has 20 heavy (non-hydrogen) atoms. The highest BCUT2D eigenvalue weighted by molar-refractivity contribution is 7.12. The average molecular weight is 297 g/mol. The van der Waals surface area contributed by atoms with Crippen molar-refractivity contribution in [3.63, 3.8) is 0 Å². The van der Waals surface area contributed by atoms with E-state index in [9.17, 15) is 4.79 Å². The molecule has 0 aliphatic rings. The second kappa shape index (κ2) is 6.68. The molecule has 0 saturated heterocycles. The molecule has 0 radical (unpaired) electrons. The number of amides is 1. The van der Waals surface area contributed by atoms with E-state index in [1.807, 2.05) is 20.9 Å². The van der Waals surface area contributed by atoms with Crippen LogP contribution in [0.25, 0.3) is 0 Å². The van der Waals surface area contributed by atoms with Crippen LogP contribution in [0.2, 0.25) is 0 Å². The Morgan fingerprint density at radius 1 is 1.45 bits per heavy atom. The maximum absolute atomic E-state index is 11.8. The minimum Gasteiger partial charge on any atom is -0.345 e. The molecule has 0 saturated carbocycles. The Balaban J connectivity index is 2.71. The number of aryl methyl sites for hydroxylation is 1. The first-order chi connectivity index (χ1) is 9.16. The molecule has 1 rings (SSSR count). The van der Waals surface area contributed by atoms with Gasteiger partial charge in [-0.25, -0.2) is 4.98 Å². The SMILES string of the molecule is CCN(C)C(=O)CNC(C)c1sc(C(C)(C)C)nc1C. The zero-order valence-electron chi connectivity index (χ0n) is 13.7. The van der Waals surface area contributed by atoms with Crippen molar-refractivity contribution in [3.8, 4) is 0 Å². The van der Waals surface area contributed by atoms with E-state index in [1.54, 1.807) is 16.2 Å². The van der Waals surface area contributed by atoms with Gasteiger partial charge in [-0.05, 0) is 20.8 Å². The van der Waals surface area contributed by atoms with Gasteiger partial charge in [-0.2, -0.15) is 0 Å². The van der Waals surface area contributed by atoms with Crippen molar-refractivity contribution in [2.24, 2.45) is 0 Å². The molecule has 4 nitrogen and oxygen atoms in total. The second-order valence-corrected chi connectivity index (χ2v) is 7.26. The summed E-state index contributed by atoms with van der Waals surface area (Å²) < 4.78 is 0. The first-order valence-electron chi connectivity index (χ1n) is 7.12. The number of hydrogen-bond donors (Lipinski definition) is 1. The van der Waals surface area contributed by atoms with Gasteiger partial charge in [0.05, 0.1) is 17.2 Å². The first-order valence-corrected chi connectivity index (χ1v) is 7.93. The highest BCUT2D eigenvalue weighted by Gasteiger charge is 2.22. The third kappa shape index (κ3) is 4.28. The van der Waals surface area contributed by atoms with Gasteiger partial charge in [0.2, 0.25) is 5.91 Å². The van der Waals surface area contributed by atoms with Crippen molar-refractivity contribution in [1.82, 2.24) is 15.2 Å². The molecular formula is C15H27N3OS. The Morgan fingerprint density at radius 3 is 2.50 bits per heavy atom. The highest BCUT2D eigenvalue weighted by Crippen LogP contribution is 2.32. The summed E-state index contributed by atoms with van der Waals surface area (Å²) in [5.41, 5.74) is 1.14. The number of thiazole rings is 1. The van der Waals surface area contributed by atoms with Crippen molar-refractivity contribution in [2.75, 3.05) is 20.1 Å². The summed E-state index contributed by atoms with van der Waals surface area (Å²) in [5, 5.41) is 4.45. The third-order valence-electron chi connectivity index (χ3n) is 3.33. The Labute approximate surface area is 126 Å². The summed E-state index contributed by atoms with van der Waals surface area (Å²) in [6.45, 7) is 13.7. The van der Waals surface area contributed by atoms with Gasteiger partial charge in [0, 0.05) is 29.9 Å². The van der Waals surface area contributed by atoms with Gasteiger partial charge in [-0.1, -0.05) is 20.8 Å². The predicted molar refractivity (Wildman–Crippen MR) is 85.3 cm³/mol. The molecule has 1 heterocycles. The molecule has 1 N–H and O–H groups in total. The maximum atomic E-state index is 11.8. The minimum absolute atomic E-state index is 0.0750. The van der Waals surface area contributed by atoms with Crippen LogP contribution in [0, 0.1) is 6.92 Å².